The Bertz CT molecular complexity index is 1120. The van der Waals surface area contributed by atoms with Crippen LogP contribution in [-0.4, -0.2) is 13.6 Å². The van der Waals surface area contributed by atoms with Crippen LogP contribution in [0.2, 0.25) is 0 Å². The van der Waals surface area contributed by atoms with Crippen molar-refractivity contribution < 1.29 is 25.6 Å². The fourth-order valence-corrected chi connectivity index (χ4v) is 3.56. The summed E-state index contributed by atoms with van der Waals surface area (Å²) < 4.78 is 38.7. The van der Waals surface area contributed by atoms with Crippen LogP contribution >= 0.6 is 0 Å². The summed E-state index contributed by atoms with van der Waals surface area (Å²) in [5.41, 5.74) is 10.0. The van der Waals surface area contributed by atoms with Gasteiger partial charge < -0.3 is 9.59 Å². The maximum atomic E-state index is 12.9. The molecular weight excluding hydrogens is 437 g/mol. The first kappa shape index (κ1) is 28.3. The molecule has 34 heavy (non-hydrogen) atoms. The number of aryl methyl sites for hydroxylation is 4. The minimum absolute atomic E-state index is 0. The van der Waals surface area contributed by atoms with Crippen molar-refractivity contribution in [1.82, 2.24) is 0 Å². The van der Waals surface area contributed by atoms with Crippen molar-refractivity contribution in [2.45, 2.75) is 39.3 Å². The van der Waals surface area contributed by atoms with Crippen molar-refractivity contribution in [1.29, 1.82) is 0 Å². The SMILES string of the molecule is C=C=C(Cc1ccc(CCc2cccc(C(F)(F)F)c2)c(C)c1)c1ccc(C)cc1.C=O.C=O.[HH].[HH]. The lowest BCUT2D eigenvalue weighted by Gasteiger charge is -2.12. The Hall–Kier alpha value is -3.69. The second-order valence-corrected chi connectivity index (χ2v) is 7.66. The molecule has 0 aliphatic carbocycles. The summed E-state index contributed by atoms with van der Waals surface area (Å²) in [5.74, 6) is 0. The normalized spacial score (nSPS) is 10.1. The highest BCUT2D eigenvalue weighted by Crippen LogP contribution is 2.30. The smallest absolute Gasteiger partial charge is 0.307 e. The van der Waals surface area contributed by atoms with Crippen LogP contribution in [0.4, 0.5) is 13.2 Å². The quantitative estimate of drug-likeness (QED) is 0.347. The fraction of sp³-hybridized carbons (Fsp3) is 0.207. The first-order valence-corrected chi connectivity index (χ1v) is 10.5. The van der Waals surface area contributed by atoms with Gasteiger partial charge in [-0.3, -0.25) is 0 Å². The molecule has 0 N–H and O–H groups in total. The van der Waals surface area contributed by atoms with Crippen LogP contribution in [0.25, 0.3) is 5.57 Å². The molecule has 0 unspecified atom stereocenters. The number of hydrogen-bond donors (Lipinski definition) is 0. The first-order valence-electron chi connectivity index (χ1n) is 10.5. The van der Waals surface area contributed by atoms with Crippen molar-refractivity contribution in [3.8, 4) is 0 Å². The Balaban J connectivity index is 0. The van der Waals surface area contributed by atoms with E-state index in [1.54, 1.807) is 6.07 Å². The van der Waals surface area contributed by atoms with E-state index in [0.29, 0.717) is 18.4 Å². The molecule has 3 rings (SSSR count). The zero-order chi connectivity index (χ0) is 25.7. The maximum Gasteiger partial charge on any atom is 0.416 e. The zero-order valence-electron chi connectivity index (χ0n) is 19.5. The third-order valence-electron chi connectivity index (χ3n) is 5.34. The van der Waals surface area contributed by atoms with Gasteiger partial charge in [0.25, 0.3) is 0 Å². The van der Waals surface area contributed by atoms with E-state index in [1.165, 1.54) is 23.3 Å². The Morgan fingerprint density at radius 3 is 2.06 bits per heavy atom. The summed E-state index contributed by atoms with van der Waals surface area (Å²) >= 11 is 0. The van der Waals surface area contributed by atoms with Gasteiger partial charge in [0.15, 0.2) is 0 Å². The van der Waals surface area contributed by atoms with Crippen LogP contribution in [0, 0.1) is 13.8 Å². The zero-order valence-corrected chi connectivity index (χ0v) is 19.5. The van der Waals surface area contributed by atoms with Crippen LogP contribution in [0.1, 0.15) is 41.8 Å². The third kappa shape index (κ3) is 8.34. The van der Waals surface area contributed by atoms with Gasteiger partial charge in [0.2, 0.25) is 0 Å². The number of carbonyl (C=O) groups excluding carboxylic acids is 2. The van der Waals surface area contributed by atoms with Gasteiger partial charge in [-0.05, 0) is 60.6 Å². The summed E-state index contributed by atoms with van der Waals surface area (Å²) in [6, 6.07) is 20.2. The molecule has 0 aliphatic rings. The number of hydrogen-bond acceptors (Lipinski definition) is 2. The minimum atomic E-state index is -4.30. The van der Waals surface area contributed by atoms with Gasteiger partial charge in [-0.2, -0.15) is 13.2 Å². The molecule has 0 heterocycles. The average Bonchev–Trinajstić information content (AvgIpc) is 2.85. The third-order valence-corrected chi connectivity index (χ3v) is 5.34. The topological polar surface area (TPSA) is 34.1 Å². The van der Waals surface area contributed by atoms with E-state index in [0.717, 1.165) is 34.8 Å². The second kappa shape index (κ2) is 13.8. The van der Waals surface area contributed by atoms with E-state index in [4.69, 9.17) is 9.59 Å². The highest BCUT2D eigenvalue weighted by Gasteiger charge is 2.30. The van der Waals surface area contributed by atoms with Gasteiger partial charge in [-0.15, -0.1) is 5.73 Å². The van der Waals surface area contributed by atoms with Crippen LogP contribution in [-0.2, 0) is 35.0 Å². The summed E-state index contributed by atoms with van der Waals surface area (Å²) in [6.45, 7) is 11.9. The second-order valence-electron chi connectivity index (χ2n) is 7.66. The van der Waals surface area contributed by atoms with Gasteiger partial charge in [-0.25, -0.2) is 0 Å². The van der Waals surface area contributed by atoms with Crippen LogP contribution < -0.4 is 0 Å². The van der Waals surface area contributed by atoms with E-state index in [9.17, 15) is 13.2 Å². The lowest BCUT2D eigenvalue weighted by Crippen LogP contribution is -2.05. The fourth-order valence-electron chi connectivity index (χ4n) is 3.56. The first-order chi connectivity index (χ1) is 16.3. The molecule has 0 bridgehead atoms. The molecule has 0 aromatic heterocycles. The van der Waals surface area contributed by atoms with E-state index >= 15 is 0 Å². The molecule has 0 fully saturated rings. The Labute approximate surface area is 202 Å². The molecule has 0 saturated heterocycles. The molecule has 0 amide bonds. The number of alkyl halides is 3. The van der Waals surface area contributed by atoms with Crippen LogP contribution in [0.15, 0.2) is 79.0 Å². The molecule has 5 heteroatoms. The largest absolute Gasteiger partial charge is 0.416 e. The van der Waals surface area contributed by atoms with E-state index in [2.05, 4.69) is 61.7 Å². The maximum absolute atomic E-state index is 12.9. The molecule has 182 valence electrons. The molecule has 0 radical (unpaired) electrons. The van der Waals surface area contributed by atoms with Gasteiger partial charge in [0.05, 0.1) is 5.56 Å². The molecule has 0 saturated carbocycles. The number of benzene rings is 3. The molecule has 2 nitrogen and oxygen atoms in total. The number of halogens is 3. The van der Waals surface area contributed by atoms with Crippen LogP contribution in [0.3, 0.4) is 0 Å². The molecular formula is C29H33F3O2. The number of rotatable bonds is 6. The lowest BCUT2D eigenvalue weighted by molar-refractivity contribution is -0.137. The van der Waals surface area contributed by atoms with Crippen molar-refractivity contribution in [3.63, 3.8) is 0 Å². The van der Waals surface area contributed by atoms with Gasteiger partial charge in [0.1, 0.15) is 13.6 Å². The summed E-state index contributed by atoms with van der Waals surface area (Å²) in [4.78, 5) is 16.0. The van der Waals surface area contributed by atoms with Crippen molar-refractivity contribution in [2.75, 3.05) is 0 Å². The minimum Gasteiger partial charge on any atom is -0.307 e. The highest BCUT2D eigenvalue weighted by atomic mass is 19.4. The Morgan fingerprint density at radius 2 is 1.50 bits per heavy atom. The summed E-state index contributed by atoms with van der Waals surface area (Å²) in [5, 5.41) is 0. The molecule has 3 aromatic rings. The van der Waals surface area contributed by atoms with Crippen molar-refractivity contribution in [3.05, 3.63) is 118 Å². The number of allylic oxidation sites excluding steroid dienone is 1. The van der Waals surface area contributed by atoms with E-state index in [1.807, 2.05) is 20.5 Å². The van der Waals surface area contributed by atoms with Gasteiger partial charge in [0, 0.05) is 14.8 Å². The molecule has 3 aromatic carbocycles. The van der Waals surface area contributed by atoms with Crippen molar-refractivity contribution in [2.24, 2.45) is 0 Å². The molecule has 0 aliphatic heterocycles. The summed E-state index contributed by atoms with van der Waals surface area (Å²) in [6.07, 6.45) is -2.29. The van der Waals surface area contributed by atoms with Crippen molar-refractivity contribution >= 4 is 19.2 Å². The van der Waals surface area contributed by atoms with Crippen LogP contribution in [0.5, 0.6) is 0 Å². The van der Waals surface area contributed by atoms with Gasteiger partial charge >= 0.3 is 6.18 Å². The van der Waals surface area contributed by atoms with E-state index < -0.39 is 11.7 Å². The number of carbonyl (C=O) groups is 2. The predicted octanol–water partition coefficient (Wildman–Crippen LogP) is 7.64. The standard InChI is InChI=1S/C27H25F3.2CH2O.2H2/c1-4-23(25-12-8-19(2)9-13-25)17-22-11-15-24(20(3)16-22)14-10-21-6-5-7-26(18-21)27(28,29)30;2*1-2;;/h5-9,11-13,15-16,18H,1,10,14,17H2,2-3H3;2*1H2;2*1H. The Kier molecular flexibility index (Phi) is 11.5. The molecule has 0 spiro atoms. The average molecular weight is 471 g/mol. The van der Waals surface area contributed by atoms with E-state index in [-0.39, 0.29) is 2.85 Å². The highest BCUT2D eigenvalue weighted by molar-refractivity contribution is 5.67. The summed E-state index contributed by atoms with van der Waals surface area (Å²) in [7, 11) is 0. The monoisotopic (exact) mass is 470 g/mol. The predicted molar refractivity (Wildman–Crippen MR) is 136 cm³/mol. The Morgan fingerprint density at radius 1 is 0.853 bits per heavy atom. The molecule has 0 atom stereocenters. The van der Waals surface area contributed by atoms with Gasteiger partial charge in [-0.1, -0.05) is 72.8 Å². The lowest BCUT2D eigenvalue weighted by atomic mass is 9.94.